The van der Waals surface area contributed by atoms with Gasteiger partial charge in [0.2, 0.25) is 6.79 Å². The number of hydrogen-bond acceptors (Lipinski definition) is 6. The molecule has 9 nitrogen and oxygen atoms in total. The van der Waals surface area contributed by atoms with E-state index in [1.807, 2.05) is 41.1 Å². The summed E-state index contributed by atoms with van der Waals surface area (Å²) in [5.41, 5.74) is 5.10. The van der Waals surface area contributed by atoms with Crippen molar-refractivity contribution in [3.63, 3.8) is 0 Å². The van der Waals surface area contributed by atoms with E-state index in [9.17, 15) is 0 Å². The predicted octanol–water partition coefficient (Wildman–Crippen LogP) is 3.31. The van der Waals surface area contributed by atoms with Gasteiger partial charge in [-0.05, 0) is 56.4 Å². The Morgan fingerprint density at radius 1 is 1.03 bits per heavy atom. The molecule has 10 heteroatoms. The number of rotatable bonds is 4. The SMILES string of the molecule is Cc1cc([C@@H]2[C@@H](c3ccccn3)NC(=S)N2c2ccc3c(c2)OCO3)c(C)n1-n1cnnc1. The lowest BCUT2D eigenvalue weighted by molar-refractivity contribution is 0.174. The number of fused-ring (bicyclic) bond motifs is 1. The van der Waals surface area contributed by atoms with Crippen LogP contribution in [0.5, 0.6) is 11.5 Å². The first kappa shape index (κ1) is 19.7. The molecule has 0 aliphatic carbocycles. The topological polar surface area (TPSA) is 82.3 Å². The molecule has 1 aromatic carbocycles. The molecule has 0 radical (unpaired) electrons. The maximum Gasteiger partial charge on any atom is 0.231 e. The normalized spacial score (nSPS) is 19.2. The van der Waals surface area contributed by atoms with Gasteiger partial charge in [0.1, 0.15) is 12.7 Å². The number of ether oxygens (including phenoxy) is 2. The number of nitrogens with one attached hydrogen (secondary N) is 1. The van der Waals surface area contributed by atoms with E-state index in [-0.39, 0.29) is 18.9 Å². The van der Waals surface area contributed by atoms with Crippen LogP contribution in [0, 0.1) is 13.8 Å². The molecule has 5 heterocycles. The average Bonchev–Trinajstić information content (AvgIpc) is 3.60. The molecule has 0 unspecified atom stereocenters. The number of aromatic nitrogens is 5. The monoisotopic (exact) mass is 459 g/mol. The van der Waals surface area contributed by atoms with Gasteiger partial charge in [-0.2, -0.15) is 0 Å². The molecule has 2 aliphatic rings. The molecule has 33 heavy (non-hydrogen) atoms. The lowest BCUT2D eigenvalue weighted by atomic mass is 9.96. The average molecular weight is 460 g/mol. The van der Waals surface area contributed by atoms with Gasteiger partial charge in [-0.1, -0.05) is 6.07 Å². The van der Waals surface area contributed by atoms with Crippen LogP contribution < -0.4 is 19.7 Å². The Morgan fingerprint density at radius 2 is 1.85 bits per heavy atom. The van der Waals surface area contributed by atoms with Gasteiger partial charge in [-0.15, -0.1) is 10.2 Å². The second-order valence-electron chi connectivity index (χ2n) is 8.01. The molecule has 166 valence electrons. The van der Waals surface area contributed by atoms with Crippen LogP contribution in [-0.4, -0.2) is 36.4 Å². The third-order valence-corrected chi connectivity index (χ3v) is 6.44. The first-order valence-corrected chi connectivity index (χ1v) is 11.0. The van der Waals surface area contributed by atoms with Gasteiger partial charge in [-0.25, -0.2) is 4.68 Å². The number of thiocarbonyl (C=S) groups is 1. The van der Waals surface area contributed by atoms with Crippen LogP contribution in [-0.2, 0) is 0 Å². The molecule has 1 fully saturated rings. The zero-order valence-corrected chi connectivity index (χ0v) is 18.9. The van der Waals surface area contributed by atoms with E-state index in [1.165, 1.54) is 0 Å². The Kier molecular flexibility index (Phi) is 4.54. The van der Waals surface area contributed by atoms with Gasteiger partial charge in [-0.3, -0.25) is 9.66 Å². The molecule has 1 saturated heterocycles. The highest BCUT2D eigenvalue weighted by atomic mass is 32.1. The van der Waals surface area contributed by atoms with Crippen molar-refractivity contribution in [2.24, 2.45) is 0 Å². The summed E-state index contributed by atoms with van der Waals surface area (Å²) in [5, 5.41) is 12.1. The van der Waals surface area contributed by atoms with E-state index >= 15 is 0 Å². The third kappa shape index (κ3) is 3.13. The van der Waals surface area contributed by atoms with E-state index in [2.05, 4.69) is 50.0 Å². The zero-order chi connectivity index (χ0) is 22.5. The van der Waals surface area contributed by atoms with Gasteiger partial charge in [0.05, 0.1) is 17.8 Å². The van der Waals surface area contributed by atoms with Gasteiger partial charge in [0, 0.05) is 34.9 Å². The number of benzene rings is 1. The molecule has 2 aliphatic heterocycles. The minimum Gasteiger partial charge on any atom is -0.454 e. The van der Waals surface area contributed by atoms with Crippen LogP contribution >= 0.6 is 12.2 Å². The lowest BCUT2D eigenvalue weighted by Crippen LogP contribution is -2.29. The summed E-state index contributed by atoms with van der Waals surface area (Å²) in [6, 6.07) is 13.8. The van der Waals surface area contributed by atoms with Crippen LogP contribution in [0.1, 0.15) is 34.7 Å². The fourth-order valence-electron chi connectivity index (χ4n) is 4.71. The van der Waals surface area contributed by atoms with Crippen molar-refractivity contribution in [3.05, 3.63) is 84.0 Å². The summed E-state index contributed by atoms with van der Waals surface area (Å²) in [6.07, 6.45) is 5.18. The molecule has 6 rings (SSSR count). The molecule has 0 amide bonds. The lowest BCUT2D eigenvalue weighted by Gasteiger charge is -2.28. The van der Waals surface area contributed by atoms with E-state index in [4.69, 9.17) is 21.7 Å². The maximum atomic E-state index is 5.85. The van der Waals surface area contributed by atoms with Crippen molar-refractivity contribution >= 4 is 23.0 Å². The fraction of sp³-hybridized carbons (Fsp3) is 0.217. The molecule has 2 atom stereocenters. The highest BCUT2D eigenvalue weighted by Crippen LogP contribution is 2.45. The maximum absolute atomic E-state index is 5.85. The minimum atomic E-state index is -0.140. The van der Waals surface area contributed by atoms with Crippen molar-refractivity contribution in [3.8, 4) is 11.5 Å². The zero-order valence-electron chi connectivity index (χ0n) is 18.0. The molecule has 0 saturated carbocycles. The highest BCUT2D eigenvalue weighted by Gasteiger charge is 2.42. The van der Waals surface area contributed by atoms with Crippen LogP contribution in [0.25, 0.3) is 0 Å². The minimum absolute atomic E-state index is 0.135. The molecule has 1 N–H and O–H groups in total. The summed E-state index contributed by atoms with van der Waals surface area (Å²) in [7, 11) is 0. The summed E-state index contributed by atoms with van der Waals surface area (Å²) < 4.78 is 15.1. The third-order valence-electron chi connectivity index (χ3n) is 6.12. The van der Waals surface area contributed by atoms with Gasteiger partial charge in [0.25, 0.3) is 0 Å². The second-order valence-corrected chi connectivity index (χ2v) is 8.40. The Hall–Kier alpha value is -3.92. The van der Waals surface area contributed by atoms with Crippen molar-refractivity contribution in [2.45, 2.75) is 25.9 Å². The van der Waals surface area contributed by atoms with E-state index < -0.39 is 0 Å². The van der Waals surface area contributed by atoms with E-state index in [0.29, 0.717) is 10.9 Å². The predicted molar refractivity (Wildman–Crippen MR) is 125 cm³/mol. The van der Waals surface area contributed by atoms with Crippen LogP contribution in [0.15, 0.2) is 61.3 Å². The molecule has 0 bridgehead atoms. The van der Waals surface area contributed by atoms with E-state index in [1.54, 1.807) is 18.9 Å². The first-order valence-electron chi connectivity index (χ1n) is 10.6. The number of pyridine rings is 1. The quantitative estimate of drug-likeness (QED) is 0.466. The van der Waals surface area contributed by atoms with E-state index in [0.717, 1.165) is 34.1 Å². The highest BCUT2D eigenvalue weighted by molar-refractivity contribution is 7.80. The summed E-state index contributed by atoms with van der Waals surface area (Å²) in [4.78, 5) is 6.77. The standard InChI is InChI=1S/C23H21N7O2S/c1-14-9-17(15(2)30(14)28-11-25-26-12-28)22-21(18-5-3-4-8-24-18)27-23(33)29(22)16-6-7-19-20(10-16)32-13-31-19/h3-12,21-22H,13H2,1-2H3,(H,27,33)/t21-,22-/m1/s1. The van der Waals surface area contributed by atoms with Gasteiger partial charge >= 0.3 is 0 Å². The fourth-order valence-corrected chi connectivity index (χ4v) is 5.06. The van der Waals surface area contributed by atoms with Gasteiger partial charge in [0.15, 0.2) is 16.6 Å². The summed E-state index contributed by atoms with van der Waals surface area (Å²) >= 11 is 5.85. The largest absolute Gasteiger partial charge is 0.454 e. The number of nitrogens with zero attached hydrogens (tertiary/aromatic N) is 6. The molecular formula is C23H21N7O2S. The number of hydrogen-bond donors (Lipinski definition) is 1. The number of anilines is 1. The molecule has 3 aromatic heterocycles. The molecule has 4 aromatic rings. The van der Waals surface area contributed by atoms with Crippen molar-refractivity contribution in [2.75, 3.05) is 11.7 Å². The number of aryl methyl sites for hydroxylation is 1. The molecular weight excluding hydrogens is 438 g/mol. The van der Waals surface area contributed by atoms with Crippen LogP contribution in [0.3, 0.4) is 0 Å². The van der Waals surface area contributed by atoms with Crippen molar-refractivity contribution < 1.29 is 9.47 Å². The van der Waals surface area contributed by atoms with Crippen LogP contribution in [0.2, 0.25) is 0 Å². The molecule has 0 spiro atoms. The van der Waals surface area contributed by atoms with Crippen molar-refractivity contribution in [1.29, 1.82) is 0 Å². The second kappa shape index (κ2) is 7.59. The Morgan fingerprint density at radius 3 is 2.64 bits per heavy atom. The Bertz CT molecular complexity index is 1340. The Balaban J connectivity index is 1.52. The first-order chi connectivity index (χ1) is 16.1. The van der Waals surface area contributed by atoms with Crippen molar-refractivity contribution in [1.82, 2.24) is 29.9 Å². The summed E-state index contributed by atoms with van der Waals surface area (Å²) in [5.74, 6) is 1.45. The van der Waals surface area contributed by atoms with Gasteiger partial charge < -0.3 is 19.7 Å². The smallest absolute Gasteiger partial charge is 0.231 e. The van der Waals surface area contributed by atoms with Crippen LogP contribution in [0.4, 0.5) is 5.69 Å². The summed E-state index contributed by atoms with van der Waals surface area (Å²) in [6.45, 7) is 4.39. The Labute approximate surface area is 195 Å².